The molecule has 0 spiro atoms. The Balaban J connectivity index is 1.88. The number of hydrogen-bond donors (Lipinski definition) is 2. The molecule has 32 heavy (non-hydrogen) atoms. The molecule has 0 aromatic carbocycles. The number of carbonyl (C=O) groups is 2. The third-order valence-electron chi connectivity index (χ3n) is 5.51. The Kier molecular flexibility index (Phi) is 6.97. The molecule has 1 saturated carbocycles. The van der Waals surface area contributed by atoms with Gasteiger partial charge in [-0.1, -0.05) is 11.6 Å². The van der Waals surface area contributed by atoms with Gasteiger partial charge >= 0.3 is 6.18 Å². The third-order valence-corrected chi connectivity index (χ3v) is 5.78. The van der Waals surface area contributed by atoms with E-state index in [2.05, 4.69) is 10.3 Å². The van der Waals surface area contributed by atoms with Gasteiger partial charge in [0, 0.05) is 31.4 Å². The van der Waals surface area contributed by atoms with Gasteiger partial charge in [-0.3, -0.25) is 14.0 Å². The normalized spacial score (nSPS) is 16.9. The lowest BCUT2D eigenvalue weighted by atomic mass is 9.83. The fourth-order valence-electron chi connectivity index (χ4n) is 3.87. The molecule has 1 aliphatic rings. The van der Waals surface area contributed by atoms with E-state index in [4.69, 9.17) is 17.3 Å². The summed E-state index contributed by atoms with van der Waals surface area (Å²) < 4.78 is 69.0. The minimum Gasteiger partial charge on any atom is -0.370 e. The molecule has 0 saturated heterocycles. The number of primary amides is 1. The van der Waals surface area contributed by atoms with Crippen LogP contribution in [0.15, 0.2) is 12.1 Å². The second-order valence-electron chi connectivity index (χ2n) is 7.99. The molecular formula is C20H22ClF5N4O2. The van der Waals surface area contributed by atoms with E-state index in [1.165, 1.54) is 12.1 Å². The monoisotopic (exact) mass is 480 g/mol. The van der Waals surface area contributed by atoms with Crippen LogP contribution in [0.3, 0.4) is 0 Å². The number of aromatic nitrogens is 2. The van der Waals surface area contributed by atoms with Gasteiger partial charge in [0.25, 0.3) is 5.91 Å². The number of hydrogen-bond acceptors (Lipinski definition) is 3. The SMILES string of the molecule is NC(=O)CCCNC(=O)c1cc(Cl)n2c(CC3CCC(F)(F)CC3)c(C(F)(F)F)nc2c1. The zero-order valence-corrected chi connectivity index (χ0v) is 17.7. The van der Waals surface area contributed by atoms with E-state index in [-0.39, 0.29) is 73.0 Å². The summed E-state index contributed by atoms with van der Waals surface area (Å²) in [7, 11) is 0. The highest BCUT2D eigenvalue weighted by Gasteiger charge is 2.40. The summed E-state index contributed by atoms with van der Waals surface area (Å²) >= 11 is 6.24. The average molecular weight is 481 g/mol. The summed E-state index contributed by atoms with van der Waals surface area (Å²) in [5.74, 6) is -4.26. The number of halogens is 6. The van der Waals surface area contributed by atoms with Crippen molar-refractivity contribution in [3.8, 4) is 0 Å². The van der Waals surface area contributed by atoms with Gasteiger partial charge in [0.1, 0.15) is 10.8 Å². The Morgan fingerprint density at radius 2 is 1.91 bits per heavy atom. The molecule has 2 heterocycles. The summed E-state index contributed by atoms with van der Waals surface area (Å²) in [6.45, 7) is 0.143. The average Bonchev–Trinajstić information content (AvgIpc) is 3.06. The first-order valence-electron chi connectivity index (χ1n) is 10.1. The lowest BCUT2D eigenvalue weighted by molar-refractivity contribution is -0.141. The van der Waals surface area contributed by atoms with Crippen molar-refractivity contribution >= 4 is 29.1 Å². The molecule has 6 nitrogen and oxygen atoms in total. The minimum absolute atomic E-state index is 0.00385. The van der Waals surface area contributed by atoms with Gasteiger partial charge in [-0.05, 0) is 43.7 Å². The fraction of sp³-hybridized carbons (Fsp3) is 0.550. The number of pyridine rings is 1. The summed E-state index contributed by atoms with van der Waals surface area (Å²) in [6.07, 6.45) is -5.05. The molecule has 0 radical (unpaired) electrons. The van der Waals surface area contributed by atoms with Gasteiger partial charge in [-0.2, -0.15) is 13.2 Å². The molecule has 0 bridgehead atoms. The third kappa shape index (κ3) is 5.67. The predicted octanol–water partition coefficient (Wildman–Crippen LogP) is 4.37. The van der Waals surface area contributed by atoms with Gasteiger partial charge in [0.05, 0.1) is 5.69 Å². The molecule has 3 N–H and O–H groups in total. The number of fused-ring (bicyclic) bond motifs is 1. The van der Waals surface area contributed by atoms with Crippen LogP contribution in [-0.2, 0) is 17.4 Å². The Hall–Kier alpha value is -2.43. The van der Waals surface area contributed by atoms with Crippen molar-refractivity contribution in [2.45, 2.75) is 57.0 Å². The standard InChI is InChI=1S/C20H22ClF5N4O2/c21-14-9-12(18(32)28-7-1-2-15(27)31)10-16-29-17(20(24,25)26)13(30(14)16)8-11-3-5-19(22,23)6-4-11/h9-11H,1-8H2,(H2,27,31)(H,28,32). The van der Waals surface area contributed by atoms with Gasteiger partial charge < -0.3 is 11.1 Å². The molecule has 0 atom stereocenters. The molecule has 3 rings (SSSR count). The maximum atomic E-state index is 13.7. The number of nitrogens with one attached hydrogen (secondary N) is 1. The maximum Gasteiger partial charge on any atom is 0.435 e. The zero-order chi connectivity index (χ0) is 23.7. The van der Waals surface area contributed by atoms with Crippen LogP contribution in [0.2, 0.25) is 5.15 Å². The van der Waals surface area contributed by atoms with Crippen LogP contribution < -0.4 is 11.1 Å². The molecule has 2 aromatic heterocycles. The molecule has 1 fully saturated rings. The zero-order valence-electron chi connectivity index (χ0n) is 16.9. The largest absolute Gasteiger partial charge is 0.435 e. The smallest absolute Gasteiger partial charge is 0.370 e. The van der Waals surface area contributed by atoms with E-state index >= 15 is 0 Å². The van der Waals surface area contributed by atoms with Crippen molar-refractivity contribution in [3.05, 3.63) is 34.2 Å². The first kappa shape index (κ1) is 24.2. The second-order valence-corrected chi connectivity index (χ2v) is 8.38. The minimum atomic E-state index is -4.78. The van der Waals surface area contributed by atoms with Crippen LogP contribution in [0.4, 0.5) is 22.0 Å². The van der Waals surface area contributed by atoms with Crippen LogP contribution >= 0.6 is 11.6 Å². The molecule has 12 heteroatoms. The lowest BCUT2D eigenvalue weighted by Crippen LogP contribution is -2.26. The number of rotatable bonds is 7. The van der Waals surface area contributed by atoms with Crippen molar-refractivity contribution in [3.63, 3.8) is 0 Å². The quantitative estimate of drug-likeness (QED) is 0.350. The molecule has 0 unspecified atom stereocenters. The van der Waals surface area contributed by atoms with Crippen LogP contribution in [0.5, 0.6) is 0 Å². The van der Waals surface area contributed by atoms with Crippen molar-refractivity contribution in [2.24, 2.45) is 11.7 Å². The predicted molar refractivity (Wildman–Crippen MR) is 107 cm³/mol. The Morgan fingerprint density at radius 1 is 1.25 bits per heavy atom. The van der Waals surface area contributed by atoms with Crippen molar-refractivity contribution in [1.82, 2.24) is 14.7 Å². The molecular weight excluding hydrogens is 459 g/mol. The molecule has 0 aliphatic heterocycles. The summed E-state index contributed by atoms with van der Waals surface area (Å²) in [4.78, 5) is 26.7. The van der Waals surface area contributed by atoms with E-state index in [9.17, 15) is 31.5 Å². The van der Waals surface area contributed by atoms with Crippen molar-refractivity contribution in [1.29, 1.82) is 0 Å². The van der Waals surface area contributed by atoms with Crippen LogP contribution in [0, 0.1) is 5.92 Å². The number of carbonyl (C=O) groups excluding carboxylic acids is 2. The van der Waals surface area contributed by atoms with E-state index in [1.807, 2.05) is 0 Å². The van der Waals surface area contributed by atoms with Crippen LogP contribution in [-0.4, -0.2) is 33.7 Å². The Bertz CT molecular complexity index is 1010. The number of alkyl halides is 5. The van der Waals surface area contributed by atoms with E-state index in [0.29, 0.717) is 6.42 Å². The lowest BCUT2D eigenvalue weighted by Gasteiger charge is -2.28. The number of nitrogens with two attached hydrogens (primary N) is 1. The highest BCUT2D eigenvalue weighted by atomic mass is 35.5. The van der Waals surface area contributed by atoms with E-state index < -0.39 is 29.6 Å². The maximum absolute atomic E-state index is 13.7. The number of amides is 2. The van der Waals surface area contributed by atoms with Gasteiger partial charge in [-0.25, -0.2) is 13.8 Å². The Labute approximate surface area is 185 Å². The van der Waals surface area contributed by atoms with Crippen LogP contribution in [0.25, 0.3) is 5.65 Å². The first-order valence-corrected chi connectivity index (χ1v) is 10.5. The topological polar surface area (TPSA) is 89.5 Å². The second kappa shape index (κ2) is 9.21. The van der Waals surface area contributed by atoms with Crippen molar-refractivity contribution < 1.29 is 31.5 Å². The molecule has 1 aliphatic carbocycles. The van der Waals surface area contributed by atoms with Crippen molar-refractivity contribution in [2.75, 3.05) is 6.54 Å². The summed E-state index contributed by atoms with van der Waals surface area (Å²) in [5.41, 5.74) is 3.52. The Morgan fingerprint density at radius 3 is 2.50 bits per heavy atom. The van der Waals surface area contributed by atoms with E-state index in [0.717, 1.165) is 4.40 Å². The van der Waals surface area contributed by atoms with Crippen LogP contribution in [0.1, 0.15) is 60.3 Å². The van der Waals surface area contributed by atoms with E-state index in [1.54, 1.807) is 0 Å². The summed E-state index contributed by atoms with van der Waals surface area (Å²) in [5, 5.41) is 2.39. The molecule has 176 valence electrons. The first-order chi connectivity index (χ1) is 14.9. The molecule has 2 aromatic rings. The number of imidazole rings is 1. The highest BCUT2D eigenvalue weighted by molar-refractivity contribution is 6.30. The number of nitrogens with zero attached hydrogens (tertiary/aromatic N) is 2. The molecule has 2 amide bonds. The highest BCUT2D eigenvalue weighted by Crippen LogP contribution is 2.40. The van der Waals surface area contributed by atoms with Gasteiger partial charge in [-0.15, -0.1) is 0 Å². The van der Waals surface area contributed by atoms with Gasteiger partial charge in [0.15, 0.2) is 5.69 Å². The fourth-order valence-corrected chi connectivity index (χ4v) is 4.18. The van der Waals surface area contributed by atoms with Gasteiger partial charge in [0.2, 0.25) is 11.8 Å². The summed E-state index contributed by atoms with van der Waals surface area (Å²) in [6, 6.07) is 2.40.